The first-order valence-electron chi connectivity index (χ1n) is 7.61. The molecule has 114 valence electrons. The highest BCUT2D eigenvalue weighted by atomic mass is 15.1. The minimum absolute atomic E-state index is 0.571. The molecule has 1 aromatic heterocycles. The average Bonchev–Trinajstić information content (AvgIpc) is 2.56. The van der Waals surface area contributed by atoms with Crippen LogP contribution in [0.4, 0.5) is 28.8 Å². The number of hydrogen-bond donors (Lipinski definition) is 3. The molecule has 4 N–H and O–H groups in total. The summed E-state index contributed by atoms with van der Waals surface area (Å²) in [6, 6.07) is 16.1. The second kappa shape index (κ2) is 5.61. The number of rotatable bonds is 0. The summed E-state index contributed by atoms with van der Waals surface area (Å²) in [5.74, 6) is 1.32. The Morgan fingerprint density at radius 2 is 1.83 bits per heavy atom. The molecule has 0 atom stereocenters. The van der Waals surface area contributed by atoms with E-state index in [1.54, 1.807) is 6.20 Å². The van der Waals surface area contributed by atoms with Crippen LogP contribution in [0, 0.1) is 0 Å². The van der Waals surface area contributed by atoms with Gasteiger partial charge in [-0.1, -0.05) is 12.1 Å². The molecule has 2 heterocycles. The van der Waals surface area contributed by atoms with Crippen LogP contribution in [0.25, 0.3) is 0 Å². The fraction of sp³-hybridized carbons (Fsp3) is 0.111. The summed E-state index contributed by atoms with van der Waals surface area (Å²) in [5.41, 5.74) is 11.3. The molecule has 1 aliphatic rings. The van der Waals surface area contributed by atoms with Gasteiger partial charge in [0.25, 0.3) is 0 Å². The van der Waals surface area contributed by atoms with Crippen LogP contribution in [0.15, 0.2) is 54.7 Å². The molecule has 2 aromatic carbocycles. The van der Waals surface area contributed by atoms with Crippen molar-refractivity contribution >= 4 is 28.8 Å². The van der Waals surface area contributed by atoms with E-state index in [0.717, 1.165) is 41.3 Å². The van der Waals surface area contributed by atoms with E-state index in [1.165, 1.54) is 5.56 Å². The van der Waals surface area contributed by atoms with Gasteiger partial charge in [-0.2, -0.15) is 4.98 Å². The average molecular weight is 303 g/mol. The van der Waals surface area contributed by atoms with E-state index in [4.69, 9.17) is 5.73 Å². The number of nitrogens with zero attached hydrogens (tertiary/aromatic N) is 2. The van der Waals surface area contributed by atoms with E-state index in [-0.39, 0.29) is 0 Å². The topological polar surface area (TPSA) is 75.9 Å². The van der Waals surface area contributed by atoms with Crippen molar-refractivity contribution in [3.05, 3.63) is 65.9 Å². The van der Waals surface area contributed by atoms with Crippen LogP contribution in [-0.2, 0) is 12.8 Å². The quantitative estimate of drug-likeness (QED) is 0.553. The highest BCUT2D eigenvalue weighted by molar-refractivity contribution is 5.64. The Morgan fingerprint density at radius 1 is 0.913 bits per heavy atom. The summed E-state index contributed by atoms with van der Waals surface area (Å²) in [4.78, 5) is 8.78. The largest absolute Gasteiger partial charge is 0.399 e. The monoisotopic (exact) mass is 303 g/mol. The molecule has 0 saturated heterocycles. The summed E-state index contributed by atoms with van der Waals surface area (Å²) in [6.07, 6.45) is 3.56. The van der Waals surface area contributed by atoms with Crippen molar-refractivity contribution in [2.45, 2.75) is 12.8 Å². The minimum Gasteiger partial charge on any atom is -0.399 e. The van der Waals surface area contributed by atoms with Crippen LogP contribution in [0.3, 0.4) is 0 Å². The number of nitrogens with two attached hydrogens (primary N) is 1. The van der Waals surface area contributed by atoms with Crippen LogP contribution >= 0.6 is 0 Å². The highest BCUT2D eigenvalue weighted by Gasteiger charge is 2.07. The lowest BCUT2D eigenvalue weighted by Crippen LogP contribution is -2.01. The van der Waals surface area contributed by atoms with Crippen molar-refractivity contribution in [1.82, 2.24) is 9.97 Å². The van der Waals surface area contributed by atoms with E-state index < -0.39 is 0 Å². The molecule has 0 radical (unpaired) electrons. The number of fused-ring (bicyclic) bond motifs is 6. The van der Waals surface area contributed by atoms with Crippen molar-refractivity contribution in [3.63, 3.8) is 0 Å². The molecule has 0 saturated carbocycles. The first-order valence-corrected chi connectivity index (χ1v) is 7.61. The fourth-order valence-corrected chi connectivity index (χ4v) is 2.75. The fourth-order valence-electron chi connectivity index (χ4n) is 2.75. The Balaban J connectivity index is 1.82. The second-order valence-corrected chi connectivity index (χ2v) is 5.63. The zero-order valence-electron chi connectivity index (χ0n) is 12.6. The third-order valence-corrected chi connectivity index (χ3v) is 3.94. The number of benzene rings is 2. The lowest BCUT2D eigenvalue weighted by Gasteiger charge is -2.10. The summed E-state index contributed by atoms with van der Waals surface area (Å²) in [5, 5.41) is 6.56. The van der Waals surface area contributed by atoms with Crippen LogP contribution in [0.2, 0.25) is 0 Å². The van der Waals surface area contributed by atoms with Gasteiger partial charge in [-0.05, 0) is 60.4 Å². The molecule has 5 heteroatoms. The predicted molar refractivity (Wildman–Crippen MR) is 93.3 cm³/mol. The number of anilines is 5. The molecule has 0 aliphatic carbocycles. The molecule has 4 rings (SSSR count). The first-order chi connectivity index (χ1) is 11.3. The molecule has 0 amide bonds. The maximum absolute atomic E-state index is 6.12. The van der Waals surface area contributed by atoms with Gasteiger partial charge in [0.05, 0.1) is 0 Å². The zero-order chi connectivity index (χ0) is 15.6. The maximum Gasteiger partial charge on any atom is 0.229 e. The normalized spacial score (nSPS) is 12.9. The summed E-state index contributed by atoms with van der Waals surface area (Å²) >= 11 is 0. The van der Waals surface area contributed by atoms with Crippen molar-refractivity contribution < 1.29 is 0 Å². The van der Waals surface area contributed by atoms with Gasteiger partial charge in [-0.3, -0.25) is 0 Å². The standard InChI is InChI=1S/C18H17N5/c19-16-7-6-15-11-13(16)5-4-12-2-1-3-14(10-12)22-18-20-9-8-17(21-15)23-18/h1-3,6-11H,4-5,19H2,(H2,20,21,22,23). The van der Waals surface area contributed by atoms with Gasteiger partial charge in [0.2, 0.25) is 5.95 Å². The molecular weight excluding hydrogens is 286 g/mol. The maximum atomic E-state index is 6.12. The van der Waals surface area contributed by atoms with E-state index in [9.17, 15) is 0 Å². The van der Waals surface area contributed by atoms with Crippen molar-refractivity contribution in [2.75, 3.05) is 16.4 Å². The molecule has 0 unspecified atom stereocenters. The Morgan fingerprint density at radius 3 is 2.78 bits per heavy atom. The van der Waals surface area contributed by atoms with Gasteiger partial charge in [-0.15, -0.1) is 0 Å². The molecule has 3 aromatic rings. The minimum atomic E-state index is 0.571. The van der Waals surface area contributed by atoms with Crippen LogP contribution in [-0.4, -0.2) is 9.97 Å². The van der Waals surface area contributed by atoms with E-state index >= 15 is 0 Å². The van der Waals surface area contributed by atoms with Crippen molar-refractivity contribution in [1.29, 1.82) is 0 Å². The van der Waals surface area contributed by atoms with Gasteiger partial charge in [0, 0.05) is 23.3 Å². The number of aromatic nitrogens is 2. The molecule has 6 bridgehead atoms. The predicted octanol–water partition coefficient (Wildman–Crippen LogP) is 3.64. The molecule has 1 aliphatic heterocycles. The van der Waals surface area contributed by atoms with Crippen LogP contribution in [0.1, 0.15) is 11.1 Å². The summed E-state index contributed by atoms with van der Waals surface area (Å²) < 4.78 is 0. The van der Waals surface area contributed by atoms with Crippen molar-refractivity contribution in [3.8, 4) is 0 Å². The molecule has 23 heavy (non-hydrogen) atoms. The summed E-state index contributed by atoms with van der Waals surface area (Å²) in [6.45, 7) is 0. The SMILES string of the molecule is Nc1ccc2cc1CCc1cccc(c1)Nc1nccc(n1)N2. The molecular formula is C18H17N5. The molecule has 5 nitrogen and oxygen atoms in total. The van der Waals surface area contributed by atoms with Gasteiger partial charge < -0.3 is 16.4 Å². The van der Waals surface area contributed by atoms with E-state index in [2.05, 4.69) is 38.8 Å². The third kappa shape index (κ3) is 2.94. The van der Waals surface area contributed by atoms with Gasteiger partial charge in [0.1, 0.15) is 5.82 Å². The Kier molecular flexibility index (Phi) is 3.31. The smallest absolute Gasteiger partial charge is 0.229 e. The Hall–Kier alpha value is -3.08. The molecule has 0 fully saturated rings. The Bertz CT molecular complexity index is 860. The zero-order valence-corrected chi connectivity index (χ0v) is 12.6. The number of nitrogen functional groups attached to an aromatic ring is 1. The van der Waals surface area contributed by atoms with Gasteiger partial charge in [0.15, 0.2) is 0 Å². The van der Waals surface area contributed by atoms with Crippen molar-refractivity contribution in [2.24, 2.45) is 0 Å². The van der Waals surface area contributed by atoms with E-state index in [0.29, 0.717) is 5.95 Å². The van der Waals surface area contributed by atoms with Gasteiger partial charge >= 0.3 is 0 Å². The summed E-state index contributed by atoms with van der Waals surface area (Å²) in [7, 11) is 0. The molecule has 0 spiro atoms. The van der Waals surface area contributed by atoms with Crippen LogP contribution in [0.5, 0.6) is 0 Å². The number of nitrogens with one attached hydrogen (secondary N) is 2. The Labute approximate surface area is 134 Å². The van der Waals surface area contributed by atoms with Crippen LogP contribution < -0.4 is 16.4 Å². The second-order valence-electron chi connectivity index (χ2n) is 5.63. The highest BCUT2D eigenvalue weighted by Crippen LogP contribution is 2.24. The van der Waals surface area contributed by atoms with Gasteiger partial charge in [-0.25, -0.2) is 4.98 Å². The number of hydrogen-bond acceptors (Lipinski definition) is 5. The number of aryl methyl sites for hydroxylation is 2. The lowest BCUT2D eigenvalue weighted by atomic mass is 10.0. The van der Waals surface area contributed by atoms with E-state index in [1.807, 2.05) is 30.3 Å². The first kappa shape index (κ1) is 13.6. The lowest BCUT2D eigenvalue weighted by molar-refractivity contribution is 0.964. The third-order valence-electron chi connectivity index (χ3n) is 3.94.